The van der Waals surface area contributed by atoms with Gasteiger partial charge in [-0.05, 0) is 43.2 Å². The number of ether oxygens (including phenoxy) is 1. The van der Waals surface area contributed by atoms with E-state index in [2.05, 4.69) is 50.2 Å². The van der Waals surface area contributed by atoms with Gasteiger partial charge in [0.05, 0.1) is 23.5 Å². The van der Waals surface area contributed by atoms with Crippen molar-refractivity contribution < 1.29 is 4.74 Å². The second-order valence-corrected chi connectivity index (χ2v) is 8.95. The summed E-state index contributed by atoms with van der Waals surface area (Å²) in [5.74, 6) is 2.63. The summed E-state index contributed by atoms with van der Waals surface area (Å²) in [7, 11) is 0. The van der Waals surface area contributed by atoms with E-state index in [0.717, 1.165) is 33.6 Å². The molecule has 5 heteroatoms. The second kappa shape index (κ2) is 6.36. The van der Waals surface area contributed by atoms with Gasteiger partial charge in [0.25, 0.3) is 0 Å². The normalized spacial score (nSPS) is 19.9. The van der Waals surface area contributed by atoms with Crippen LogP contribution in [0.2, 0.25) is 0 Å². The van der Waals surface area contributed by atoms with Crippen LogP contribution in [0.5, 0.6) is 5.88 Å². The molecule has 0 spiro atoms. The summed E-state index contributed by atoms with van der Waals surface area (Å²) in [6.07, 6.45) is 0. The van der Waals surface area contributed by atoms with Crippen molar-refractivity contribution in [2.45, 2.75) is 24.8 Å². The van der Waals surface area contributed by atoms with Gasteiger partial charge in [0.2, 0.25) is 5.88 Å². The second-order valence-electron chi connectivity index (χ2n) is 7.94. The van der Waals surface area contributed by atoms with Gasteiger partial charge in [-0.1, -0.05) is 36.4 Å². The molecule has 144 valence electrons. The Labute approximate surface area is 173 Å². The Morgan fingerprint density at radius 3 is 2.79 bits per heavy atom. The van der Waals surface area contributed by atoms with Crippen LogP contribution in [0.25, 0.3) is 16.6 Å². The van der Waals surface area contributed by atoms with Gasteiger partial charge >= 0.3 is 0 Å². The molecular weight excluding hydrogens is 378 g/mol. The van der Waals surface area contributed by atoms with Crippen molar-refractivity contribution in [1.82, 2.24) is 14.8 Å². The minimum atomic E-state index is 0.282. The molecule has 0 aliphatic carbocycles. The minimum Gasteiger partial charge on any atom is -0.477 e. The standard InChI is InChI=1S/C24H21N3OS/c1-14-7-6-8-16-11-19-21-17(13-29-23(19)25-22(14)16)12-28-24-20(21)15(2)26-27(24)18-9-4-3-5-10-18/h3-11,17,21H,12-13H2,1-2H3/t17-,21-/m0/s1. The van der Waals surface area contributed by atoms with Gasteiger partial charge in [0.15, 0.2) is 0 Å². The third-order valence-electron chi connectivity index (χ3n) is 6.09. The largest absolute Gasteiger partial charge is 0.477 e. The highest BCUT2D eigenvalue weighted by Gasteiger charge is 2.41. The van der Waals surface area contributed by atoms with Gasteiger partial charge in [-0.25, -0.2) is 9.67 Å². The van der Waals surface area contributed by atoms with Crippen molar-refractivity contribution in [2.75, 3.05) is 12.4 Å². The number of hydrogen-bond donors (Lipinski definition) is 0. The van der Waals surface area contributed by atoms with Crippen LogP contribution in [0, 0.1) is 19.8 Å². The van der Waals surface area contributed by atoms with Crippen LogP contribution in [0.3, 0.4) is 0 Å². The minimum absolute atomic E-state index is 0.282. The van der Waals surface area contributed by atoms with Gasteiger partial charge < -0.3 is 4.74 Å². The molecular formula is C24H21N3OS. The van der Waals surface area contributed by atoms with Crippen molar-refractivity contribution in [3.8, 4) is 11.6 Å². The number of aryl methyl sites for hydroxylation is 2. The molecule has 0 unspecified atom stereocenters. The molecule has 2 aromatic heterocycles. The molecule has 6 rings (SSSR count). The van der Waals surface area contributed by atoms with E-state index in [-0.39, 0.29) is 5.92 Å². The first kappa shape index (κ1) is 17.1. The quantitative estimate of drug-likeness (QED) is 0.436. The monoisotopic (exact) mass is 399 g/mol. The van der Waals surface area contributed by atoms with Gasteiger partial charge in [0, 0.05) is 28.5 Å². The molecule has 2 aromatic carbocycles. The zero-order valence-corrected chi connectivity index (χ0v) is 17.2. The third-order valence-corrected chi connectivity index (χ3v) is 7.28. The highest BCUT2D eigenvalue weighted by atomic mass is 32.2. The van der Waals surface area contributed by atoms with Gasteiger partial charge in [-0.2, -0.15) is 5.10 Å². The van der Waals surface area contributed by atoms with Crippen LogP contribution in [0.4, 0.5) is 0 Å². The smallest absolute Gasteiger partial charge is 0.220 e. The number of nitrogens with zero attached hydrogens (tertiary/aromatic N) is 3. The van der Waals surface area contributed by atoms with E-state index in [1.807, 2.05) is 34.6 Å². The van der Waals surface area contributed by atoms with Crippen LogP contribution >= 0.6 is 11.8 Å². The maximum Gasteiger partial charge on any atom is 0.220 e. The lowest BCUT2D eigenvalue weighted by Crippen LogP contribution is -2.32. The van der Waals surface area contributed by atoms with Gasteiger partial charge in [-0.3, -0.25) is 0 Å². The van der Waals surface area contributed by atoms with E-state index in [1.54, 1.807) is 0 Å². The Morgan fingerprint density at radius 2 is 1.93 bits per heavy atom. The first-order valence-corrected chi connectivity index (χ1v) is 11.0. The number of rotatable bonds is 1. The maximum absolute atomic E-state index is 6.29. The molecule has 2 aliphatic heterocycles. The van der Waals surface area contributed by atoms with Crippen LogP contribution in [0.15, 0.2) is 59.6 Å². The topological polar surface area (TPSA) is 39.9 Å². The number of aromatic nitrogens is 3. The zero-order chi connectivity index (χ0) is 19.5. The summed E-state index contributed by atoms with van der Waals surface area (Å²) in [5.41, 5.74) is 6.97. The van der Waals surface area contributed by atoms with E-state index in [9.17, 15) is 0 Å². The fraction of sp³-hybridized carbons (Fsp3) is 0.250. The van der Waals surface area contributed by atoms with Crippen molar-refractivity contribution in [2.24, 2.45) is 5.92 Å². The number of pyridine rings is 1. The van der Waals surface area contributed by atoms with Crippen LogP contribution < -0.4 is 4.74 Å². The van der Waals surface area contributed by atoms with Crippen LogP contribution in [0.1, 0.15) is 28.3 Å². The molecule has 29 heavy (non-hydrogen) atoms. The Hall–Kier alpha value is -2.79. The molecule has 0 radical (unpaired) electrons. The summed E-state index contributed by atoms with van der Waals surface area (Å²) in [6.45, 7) is 4.95. The fourth-order valence-electron chi connectivity index (χ4n) is 4.70. The van der Waals surface area contributed by atoms with E-state index in [4.69, 9.17) is 14.8 Å². The number of thioether (sulfide) groups is 1. The van der Waals surface area contributed by atoms with E-state index in [0.29, 0.717) is 12.5 Å². The number of hydrogen-bond acceptors (Lipinski definition) is 4. The summed E-state index contributed by atoms with van der Waals surface area (Å²) >= 11 is 1.86. The summed E-state index contributed by atoms with van der Waals surface area (Å²) < 4.78 is 8.25. The summed E-state index contributed by atoms with van der Waals surface area (Å²) in [6, 6.07) is 19.0. The third kappa shape index (κ3) is 2.53. The Kier molecular flexibility index (Phi) is 3.75. The maximum atomic E-state index is 6.29. The summed E-state index contributed by atoms with van der Waals surface area (Å²) in [4.78, 5) is 5.07. The number of benzene rings is 2. The van der Waals surface area contributed by atoms with Crippen molar-refractivity contribution in [3.63, 3.8) is 0 Å². The molecule has 4 aromatic rings. The lowest BCUT2D eigenvalue weighted by atomic mass is 9.80. The van der Waals surface area contributed by atoms with Crippen molar-refractivity contribution in [1.29, 1.82) is 0 Å². The lowest BCUT2D eigenvalue weighted by Gasteiger charge is -2.36. The zero-order valence-electron chi connectivity index (χ0n) is 16.4. The Morgan fingerprint density at radius 1 is 1.07 bits per heavy atom. The highest BCUT2D eigenvalue weighted by molar-refractivity contribution is 7.99. The Bertz CT molecular complexity index is 1250. The number of fused-ring (bicyclic) bond motifs is 6. The molecule has 4 heterocycles. The molecule has 2 atom stereocenters. The van der Waals surface area contributed by atoms with E-state index in [1.165, 1.54) is 22.1 Å². The van der Waals surface area contributed by atoms with Crippen molar-refractivity contribution >= 4 is 22.7 Å². The molecule has 4 nitrogen and oxygen atoms in total. The number of para-hydroxylation sites is 2. The van der Waals surface area contributed by atoms with Crippen LogP contribution in [-0.2, 0) is 0 Å². The van der Waals surface area contributed by atoms with Crippen molar-refractivity contribution in [3.05, 3.63) is 77.0 Å². The average Bonchev–Trinajstić information content (AvgIpc) is 3.10. The summed E-state index contributed by atoms with van der Waals surface area (Å²) in [5, 5.41) is 7.24. The first-order valence-electron chi connectivity index (χ1n) is 10.0. The molecule has 0 fully saturated rings. The lowest BCUT2D eigenvalue weighted by molar-refractivity contribution is 0.205. The first-order chi connectivity index (χ1) is 14.2. The molecule has 0 saturated heterocycles. The van der Waals surface area contributed by atoms with Gasteiger partial charge in [0.1, 0.15) is 5.03 Å². The highest BCUT2D eigenvalue weighted by Crippen LogP contribution is 2.51. The molecule has 2 aliphatic rings. The van der Waals surface area contributed by atoms with Gasteiger partial charge in [-0.15, -0.1) is 11.8 Å². The van der Waals surface area contributed by atoms with E-state index < -0.39 is 0 Å². The molecule has 0 amide bonds. The average molecular weight is 400 g/mol. The fourth-order valence-corrected chi connectivity index (χ4v) is 5.87. The predicted octanol–water partition coefficient (Wildman–Crippen LogP) is 5.28. The Balaban J connectivity index is 1.57. The molecule has 0 bridgehead atoms. The SMILES string of the molecule is Cc1nn(-c2ccccc2)c2c1[C@@H]1c3cc4cccc(C)c4nc3SC[C@@H]1CO2. The predicted molar refractivity (Wildman–Crippen MR) is 116 cm³/mol. The van der Waals surface area contributed by atoms with E-state index >= 15 is 0 Å². The molecule has 0 saturated carbocycles. The van der Waals surface area contributed by atoms with Crippen LogP contribution in [-0.4, -0.2) is 27.1 Å². The molecule has 0 N–H and O–H groups in total.